The van der Waals surface area contributed by atoms with Crippen molar-refractivity contribution in [3.8, 4) is 0 Å². The van der Waals surface area contributed by atoms with E-state index in [1.807, 2.05) is 29.2 Å². The van der Waals surface area contributed by atoms with Gasteiger partial charge < -0.3 is 15.0 Å². The van der Waals surface area contributed by atoms with E-state index in [1.165, 1.54) is 0 Å². The summed E-state index contributed by atoms with van der Waals surface area (Å²) < 4.78 is 5.03. The van der Waals surface area contributed by atoms with Crippen molar-refractivity contribution >= 4 is 11.7 Å². The second kappa shape index (κ2) is 5.68. The van der Waals surface area contributed by atoms with E-state index in [4.69, 9.17) is 4.74 Å². The van der Waals surface area contributed by atoms with E-state index in [0.29, 0.717) is 6.61 Å². The largest absolute Gasteiger partial charge is 0.380 e. The highest BCUT2D eigenvalue weighted by atomic mass is 16.5. The van der Waals surface area contributed by atoms with Crippen molar-refractivity contribution in [1.82, 2.24) is 4.90 Å². The number of nitrogens with one attached hydrogen (secondary N) is 1. The number of amides is 2. The number of ether oxygens (including phenoxy) is 1. The third-order valence-electron chi connectivity index (χ3n) is 2.91. The molecule has 0 spiro atoms. The van der Waals surface area contributed by atoms with Gasteiger partial charge in [0.05, 0.1) is 6.61 Å². The highest BCUT2D eigenvalue weighted by Crippen LogP contribution is 2.13. The second-order valence-corrected chi connectivity index (χ2v) is 4.25. The molecule has 1 aliphatic heterocycles. The molecule has 0 aromatic heterocycles. The summed E-state index contributed by atoms with van der Waals surface area (Å²) in [5, 5.41) is 2.90. The van der Waals surface area contributed by atoms with Gasteiger partial charge in [0.15, 0.2) is 0 Å². The SMILES string of the molecule is COCc1ccc(NC(=O)N2CCCC2)cc1. The van der Waals surface area contributed by atoms with Crippen LogP contribution in [0.4, 0.5) is 10.5 Å². The summed E-state index contributed by atoms with van der Waals surface area (Å²) >= 11 is 0. The molecule has 92 valence electrons. The molecule has 2 rings (SSSR count). The average Bonchev–Trinajstić information content (AvgIpc) is 2.86. The minimum atomic E-state index is 0.00184. The number of methoxy groups -OCH3 is 1. The number of hydrogen-bond acceptors (Lipinski definition) is 2. The smallest absolute Gasteiger partial charge is 0.321 e. The molecule has 0 radical (unpaired) electrons. The summed E-state index contributed by atoms with van der Waals surface area (Å²) in [7, 11) is 1.67. The molecule has 0 bridgehead atoms. The van der Waals surface area contributed by atoms with Crippen molar-refractivity contribution in [1.29, 1.82) is 0 Å². The van der Waals surface area contributed by atoms with Gasteiger partial charge in [0.1, 0.15) is 0 Å². The molecule has 1 aromatic carbocycles. The molecule has 1 aliphatic rings. The minimum Gasteiger partial charge on any atom is -0.380 e. The lowest BCUT2D eigenvalue weighted by atomic mass is 10.2. The molecule has 0 aliphatic carbocycles. The van der Waals surface area contributed by atoms with Crippen LogP contribution in [0.3, 0.4) is 0 Å². The standard InChI is InChI=1S/C13H18N2O2/c1-17-10-11-4-6-12(7-5-11)14-13(16)15-8-2-3-9-15/h4-7H,2-3,8-10H2,1H3,(H,14,16). The lowest BCUT2D eigenvalue weighted by molar-refractivity contribution is 0.185. The van der Waals surface area contributed by atoms with E-state index in [1.54, 1.807) is 7.11 Å². The van der Waals surface area contributed by atoms with Gasteiger partial charge in [0, 0.05) is 25.9 Å². The molecule has 0 atom stereocenters. The number of rotatable bonds is 3. The summed E-state index contributed by atoms with van der Waals surface area (Å²) in [4.78, 5) is 13.7. The number of likely N-dealkylation sites (tertiary alicyclic amines) is 1. The minimum absolute atomic E-state index is 0.00184. The molecule has 4 nitrogen and oxygen atoms in total. The Morgan fingerprint density at radius 3 is 2.53 bits per heavy atom. The lowest BCUT2D eigenvalue weighted by Gasteiger charge is -2.16. The van der Waals surface area contributed by atoms with E-state index in [-0.39, 0.29) is 6.03 Å². The van der Waals surface area contributed by atoms with Gasteiger partial charge in [0.25, 0.3) is 0 Å². The Bertz CT molecular complexity index is 370. The van der Waals surface area contributed by atoms with Gasteiger partial charge in [-0.15, -0.1) is 0 Å². The predicted octanol–water partition coefficient (Wildman–Crippen LogP) is 2.46. The highest BCUT2D eigenvalue weighted by molar-refractivity contribution is 5.89. The van der Waals surface area contributed by atoms with Crippen LogP contribution in [-0.4, -0.2) is 31.1 Å². The van der Waals surface area contributed by atoms with E-state index in [0.717, 1.165) is 37.2 Å². The van der Waals surface area contributed by atoms with E-state index < -0.39 is 0 Å². The lowest BCUT2D eigenvalue weighted by Crippen LogP contribution is -2.32. The molecule has 1 N–H and O–H groups in total. The van der Waals surface area contributed by atoms with Crippen LogP contribution in [0.15, 0.2) is 24.3 Å². The maximum atomic E-state index is 11.8. The van der Waals surface area contributed by atoms with Gasteiger partial charge in [-0.05, 0) is 30.5 Å². The number of carbonyl (C=O) groups is 1. The topological polar surface area (TPSA) is 41.6 Å². The van der Waals surface area contributed by atoms with Gasteiger partial charge >= 0.3 is 6.03 Å². The first kappa shape index (κ1) is 11.9. The Kier molecular flexibility index (Phi) is 3.98. The van der Waals surface area contributed by atoms with Crippen molar-refractivity contribution in [3.05, 3.63) is 29.8 Å². The van der Waals surface area contributed by atoms with Crippen molar-refractivity contribution in [2.45, 2.75) is 19.4 Å². The number of hydrogen-bond donors (Lipinski definition) is 1. The average molecular weight is 234 g/mol. The zero-order valence-electron chi connectivity index (χ0n) is 10.1. The molecule has 0 unspecified atom stereocenters. The zero-order chi connectivity index (χ0) is 12.1. The Hall–Kier alpha value is -1.55. The van der Waals surface area contributed by atoms with Gasteiger partial charge in [-0.25, -0.2) is 4.79 Å². The van der Waals surface area contributed by atoms with Crippen molar-refractivity contribution in [3.63, 3.8) is 0 Å². The summed E-state index contributed by atoms with van der Waals surface area (Å²) in [6.07, 6.45) is 2.22. The predicted molar refractivity (Wildman–Crippen MR) is 67.0 cm³/mol. The van der Waals surface area contributed by atoms with Crippen LogP contribution in [0, 0.1) is 0 Å². The van der Waals surface area contributed by atoms with Crippen LogP contribution in [-0.2, 0) is 11.3 Å². The molecule has 1 aromatic rings. The Labute approximate surface area is 102 Å². The third-order valence-corrected chi connectivity index (χ3v) is 2.91. The summed E-state index contributed by atoms with van der Waals surface area (Å²) in [5.41, 5.74) is 1.94. The van der Waals surface area contributed by atoms with E-state index in [2.05, 4.69) is 5.32 Å². The normalized spacial score (nSPS) is 15.0. The van der Waals surface area contributed by atoms with Crippen LogP contribution in [0.5, 0.6) is 0 Å². The fourth-order valence-electron chi connectivity index (χ4n) is 1.97. The third kappa shape index (κ3) is 3.20. The molecule has 1 saturated heterocycles. The number of benzene rings is 1. The quantitative estimate of drug-likeness (QED) is 0.872. The molecule has 1 heterocycles. The Morgan fingerprint density at radius 2 is 1.94 bits per heavy atom. The zero-order valence-corrected chi connectivity index (χ0v) is 10.1. The van der Waals surface area contributed by atoms with Crippen molar-refractivity contribution in [2.24, 2.45) is 0 Å². The Morgan fingerprint density at radius 1 is 1.29 bits per heavy atom. The molecule has 17 heavy (non-hydrogen) atoms. The summed E-state index contributed by atoms with van der Waals surface area (Å²) in [6.45, 7) is 2.33. The molecule has 4 heteroatoms. The van der Waals surface area contributed by atoms with Gasteiger partial charge in [0.2, 0.25) is 0 Å². The van der Waals surface area contributed by atoms with Crippen LogP contribution < -0.4 is 5.32 Å². The molecule has 1 fully saturated rings. The van der Waals surface area contributed by atoms with Crippen LogP contribution in [0.2, 0.25) is 0 Å². The number of nitrogens with zero attached hydrogens (tertiary/aromatic N) is 1. The fraction of sp³-hybridized carbons (Fsp3) is 0.462. The first-order chi connectivity index (χ1) is 8.29. The van der Waals surface area contributed by atoms with Crippen LogP contribution in [0.25, 0.3) is 0 Å². The first-order valence-electron chi connectivity index (χ1n) is 5.93. The van der Waals surface area contributed by atoms with Crippen LogP contribution >= 0.6 is 0 Å². The maximum absolute atomic E-state index is 11.8. The van der Waals surface area contributed by atoms with E-state index in [9.17, 15) is 4.79 Å². The van der Waals surface area contributed by atoms with Crippen molar-refractivity contribution in [2.75, 3.05) is 25.5 Å². The monoisotopic (exact) mass is 234 g/mol. The highest BCUT2D eigenvalue weighted by Gasteiger charge is 2.17. The number of anilines is 1. The summed E-state index contributed by atoms with van der Waals surface area (Å²) in [6, 6.07) is 7.73. The van der Waals surface area contributed by atoms with E-state index >= 15 is 0 Å². The van der Waals surface area contributed by atoms with Crippen molar-refractivity contribution < 1.29 is 9.53 Å². The number of carbonyl (C=O) groups excluding carboxylic acids is 1. The molecular formula is C13H18N2O2. The number of urea groups is 1. The maximum Gasteiger partial charge on any atom is 0.321 e. The Balaban J connectivity index is 1.91. The summed E-state index contributed by atoms with van der Waals surface area (Å²) in [5.74, 6) is 0. The van der Waals surface area contributed by atoms with Crippen LogP contribution in [0.1, 0.15) is 18.4 Å². The van der Waals surface area contributed by atoms with Gasteiger partial charge in [-0.3, -0.25) is 0 Å². The first-order valence-corrected chi connectivity index (χ1v) is 5.93. The second-order valence-electron chi connectivity index (χ2n) is 4.25. The molecule has 2 amide bonds. The fourth-order valence-corrected chi connectivity index (χ4v) is 1.97. The molecular weight excluding hydrogens is 216 g/mol. The van der Waals surface area contributed by atoms with Gasteiger partial charge in [-0.2, -0.15) is 0 Å². The van der Waals surface area contributed by atoms with Gasteiger partial charge in [-0.1, -0.05) is 12.1 Å². The molecule has 0 saturated carbocycles.